The first-order valence-corrected chi connectivity index (χ1v) is 5.68. The second kappa shape index (κ2) is 4.87. The Morgan fingerprint density at radius 2 is 1.88 bits per heavy atom. The van der Waals surface area contributed by atoms with Crippen LogP contribution in [0, 0.1) is 0 Å². The molecule has 0 saturated carbocycles. The minimum absolute atomic E-state index is 0.360. The summed E-state index contributed by atoms with van der Waals surface area (Å²) in [5, 5.41) is 9.06. The lowest BCUT2D eigenvalue weighted by Gasteiger charge is -2.08. The molecule has 0 atom stereocenters. The monoisotopic (exact) mass is 229 g/mol. The van der Waals surface area contributed by atoms with E-state index in [-0.39, 0.29) is 0 Å². The summed E-state index contributed by atoms with van der Waals surface area (Å²) in [5.74, 6) is -0.869. The molecule has 0 radical (unpaired) electrons. The second-order valence-corrected chi connectivity index (χ2v) is 3.92. The van der Waals surface area contributed by atoms with Crippen molar-refractivity contribution in [3.8, 4) is 0 Å². The highest BCUT2D eigenvalue weighted by molar-refractivity contribution is 5.86. The van der Waals surface area contributed by atoms with Crippen LogP contribution < -0.4 is 0 Å². The lowest BCUT2D eigenvalue weighted by molar-refractivity contribution is 0.0685. The predicted molar refractivity (Wildman–Crippen MR) is 66.3 cm³/mol. The van der Waals surface area contributed by atoms with Gasteiger partial charge in [-0.3, -0.25) is 0 Å². The van der Waals surface area contributed by atoms with Gasteiger partial charge in [-0.2, -0.15) is 0 Å². The number of hydrogen-bond acceptors (Lipinski definition) is 1. The van der Waals surface area contributed by atoms with E-state index in [2.05, 4.69) is 0 Å². The molecule has 0 aliphatic carbocycles. The van der Waals surface area contributed by atoms with E-state index in [1.165, 1.54) is 5.56 Å². The summed E-state index contributed by atoms with van der Waals surface area (Å²) < 4.78 is 1.84. The number of aromatic carboxylic acids is 1. The van der Waals surface area contributed by atoms with Gasteiger partial charge in [0.25, 0.3) is 0 Å². The van der Waals surface area contributed by atoms with Gasteiger partial charge < -0.3 is 9.67 Å². The number of hydrogen-bond donors (Lipinski definition) is 1. The molecule has 2 aromatic rings. The summed E-state index contributed by atoms with van der Waals surface area (Å²) in [6.07, 6.45) is 0.766. The molecule has 0 amide bonds. The first-order chi connectivity index (χ1) is 8.22. The Labute approximate surface area is 100 Å². The minimum atomic E-state index is -0.869. The van der Waals surface area contributed by atoms with E-state index in [0.29, 0.717) is 12.2 Å². The van der Waals surface area contributed by atoms with Gasteiger partial charge in [0, 0.05) is 18.7 Å². The summed E-state index contributed by atoms with van der Waals surface area (Å²) in [6, 6.07) is 13.6. The normalized spacial score (nSPS) is 10.4. The molecule has 0 spiro atoms. The maximum atomic E-state index is 11.0. The van der Waals surface area contributed by atoms with Gasteiger partial charge in [-0.25, -0.2) is 4.79 Å². The number of carboxylic acid groups (broad SMARTS) is 1. The zero-order chi connectivity index (χ0) is 12.3. The van der Waals surface area contributed by atoms with E-state index < -0.39 is 5.97 Å². The lowest BCUT2D eigenvalue weighted by Crippen LogP contribution is -2.10. The van der Waals surface area contributed by atoms with Gasteiger partial charge in [0.1, 0.15) is 5.69 Å². The van der Waals surface area contributed by atoms with Gasteiger partial charge in [0.05, 0.1) is 0 Å². The molecule has 0 aliphatic rings. The SMILES string of the molecule is CCn1c(Cc2ccccc2)ccc1C(=O)O. The van der Waals surface area contributed by atoms with Crippen molar-refractivity contribution < 1.29 is 9.90 Å². The van der Waals surface area contributed by atoms with Crippen LogP contribution in [0.2, 0.25) is 0 Å². The number of nitrogens with zero attached hydrogens (tertiary/aromatic N) is 1. The van der Waals surface area contributed by atoms with Crippen LogP contribution >= 0.6 is 0 Å². The molecule has 3 nitrogen and oxygen atoms in total. The fourth-order valence-corrected chi connectivity index (χ4v) is 2.03. The minimum Gasteiger partial charge on any atom is -0.477 e. The highest BCUT2D eigenvalue weighted by atomic mass is 16.4. The number of rotatable bonds is 4. The molecule has 2 rings (SSSR count). The van der Waals surface area contributed by atoms with Gasteiger partial charge in [-0.1, -0.05) is 30.3 Å². The number of aromatic nitrogens is 1. The summed E-state index contributed by atoms with van der Waals surface area (Å²) in [6.45, 7) is 2.64. The third-order valence-corrected chi connectivity index (χ3v) is 2.83. The topological polar surface area (TPSA) is 42.2 Å². The van der Waals surface area contributed by atoms with Gasteiger partial charge in [0.2, 0.25) is 0 Å². The van der Waals surface area contributed by atoms with Gasteiger partial charge in [-0.05, 0) is 24.6 Å². The summed E-state index contributed by atoms with van der Waals surface area (Å²) in [7, 11) is 0. The van der Waals surface area contributed by atoms with Crippen molar-refractivity contribution in [3.63, 3.8) is 0 Å². The Morgan fingerprint density at radius 3 is 2.47 bits per heavy atom. The lowest BCUT2D eigenvalue weighted by atomic mass is 10.1. The molecule has 0 bridgehead atoms. The molecule has 0 saturated heterocycles. The highest BCUT2D eigenvalue weighted by Gasteiger charge is 2.12. The fraction of sp³-hybridized carbons (Fsp3) is 0.214. The maximum absolute atomic E-state index is 11.0. The summed E-state index contributed by atoms with van der Waals surface area (Å²) >= 11 is 0. The van der Waals surface area contributed by atoms with Crippen LogP contribution in [0.4, 0.5) is 0 Å². The van der Waals surface area contributed by atoms with Crippen LogP contribution in [0.3, 0.4) is 0 Å². The van der Waals surface area contributed by atoms with Crippen LogP contribution in [0.5, 0.6) is 0 Å². The zero-order valence-corrected chi connectivity index (χ0v) is 9.76. The van der Waals surface area contributed by atoms with Crippen LogP contribution in [0.25, 0.3) is 0 Å². The van der Waals surface area contributed by atoms with E-state index in [0.717, 1.165) is 12.1 Å². The molecule has 88 valence electrons. The number of benzene rings is 1. The molecule has 3 heteroatoms. The van der Waals surface area contributed by atoms with Crippen molar-refractivity contribution in [1.82, 2.24) is 4.57 Å². The molecule has 17 heavy (non-hydrogen) atoms. The quantitative estimate of drug-likeness (QED) is 0.876. The second-order valence-electron chi connectivity index (χ2n) is 3.92. The van der Waals surface area contributed by atoms with Gasteiger partial charge >= 0.3 is 5.97 Å². The van der Waals surface area contributed by atoms with Crippen molar-refractivity contribution in [2.75, 3.05) is 0 Å². The molecular weight excluding hydrogens is 214 g/mol. The van der Waals surface area contributed by atoms with Crippen LogP contribution in [-0.4, -0.2) is 15.6 Å². The fourth-order valence-electron chi connectivity index (χ4n) is 2.03. The Morgan fingerprint density at radius 1 is 1.18 bits per heavy atom. The van der Waals surface area contributed by atoms with E-state index in [9.17, 15) is 4.79 Å². The van der Waals surface area contributed by atoms with Crippen molar-refractivity contribution in [1.29, 1.82) is 0 Å². The Kier molecular flexibility index (Phi) is 3.28. The van der Waals surface area contributed by atoms with E-state index >= 15 is 0 Å². The van der Waals surface area contributed by atoms with E-state index in [4.69, 9.17) is 5.11 Å². The molecular formula is C14H15NO2. The molecule has 1 N–H and O–H groups in total. The van der Waals surface area contributed by atoms with Crippen molar-refractivity contribution >= 4 is 5.97 Å². The molecule has 1 heterocycles. The Hall–Kier alpha value is -2.03. The average Bonchev–Trinajstić information content (AvgIpc) is 2.73. The largest absolute Gasteiger partial charge is 0.477 e. The first-order valence-electron chi connectivity index (χ1n) is 5.68. The standard InChI is InChI=1S/C14H15NO2/c1-2-15-12(8-9-13(15)14(16)17)10-11-6-4-3-5-7-11/h3-9H,2,10H2,1H3,(H,16,17). The molecule has 1 aromatic carbocycles. The smallest absolute Gasteiger partial charge is 0.352 e. The van der Waals surface area contributed by atoms with Crippen LogP contribution in [0.1, 0.15) is 28.7 Å². The zero-order valence-electron chi connectivity index (χ0n) is 9.76. The van der Waals surface area contributed by atoms with Crippen LogP contribution in [-0.2, 0) is 13.0 Å². The number of carboxylic acids is 1. The summed E-state index contributed by atoms with van der Waals surface area (Å²) in [4.78, 5) is 11.0. The van der Waals surface area contributed by atoms with Crippen molar-refractivity contribution in [2.24, 2.45) is 0 Å². The molecule has 0 unspecified atom stereocenters. The van der Waals surface area contributed by atoms with Crippen LogP contribution in [0.15, 0.2) is 42.5 Å². The van der Waals surface area contributed by atoms with Gasteiger partial charge in [0.15, 0.2) is 0 Å². The first kappa shape index (κ1) is 11.5. The van der Waals surface area contributed by atoms with Crippen molar-refractivity contribution in [2.45, 2.75) is 19.9 Å². The van der Waals surface area contributed by atoms with E-state index in [1.807, 2.05) is 47.9 Å². The van der Waals surface area contributed by atoms with E-state index in [1.54, 1.807) is 6.07 Å². The predicted octanol–water partition coefficient (Wildman–Crippen LogP) is 2.80. The molecule has 1 aromatic heterocycles. The third-order valence-electron chi connectivity index (χ3n) is 2.83. The Balaban J connectivity index is 2.31. The molecule has 0 aliphatic heterocycles. The molecule has 0 fully saturated rings. The van der Waals surface area contributed by atoms with Gasteiger partial charge in [-0.15, -0.1) is 0 Å². The third kappa shape index (κ3) is 2.38. The average molecular weight is 229 g/mol. The van der Waals surface area contributed by atoms with Crippen molar-refractivity contribution in [3.05, 3.63) is 59.4 Å². The Bertz CT molecular complexity index is 514. The summed E-state index contributed by atoms with van der Waals surface area (Å²) in [5.41, 5.74) is 2.59. The highest BCUT2D eigenvalue weighted by Crippen LogP contribution is 2.14. The number of carbonyl (C=O) groups is 1. The maximum Gasteiger partial charge on any atom is 0.352 e.